The molecule has 13 heavy (non-hydrogen) atoms. The molecule has 0 aromatic carbocycles. The van der Waals surface area contributed by atoms with E-state index < -0.39 is 30.6 Å². The minimum absolute atomic E-state index is 0.104. The predicted molar refractivity (Wildman–Crippen MR) is 30.7 cm³/mol. The summed E-state index contributed by atoms with van der Waals surface area (Å²) in [4.78, 5) is 0. The zero-order valence-corrected chi connectivity index (χ0v) is 6.54. The third-order valence-electron chi connectivity index (χ3n) is 1.10. The molecular weight excluding hydrogens is 204 g/mol. The molecule has 0 aliphatic heterocycles. The van der Waals surface area contributed by atoms with Crippen LogP contribution in [0.25, 0.3) is 0 Å². The summed E-state index contributed by atoms with van der Waals surface area (Å²) in [7, 11) is 0.104. The van der Waals surface area contributed by atoms with Gasteiger partial charge in [-0.25, -0.2) is 4.39 Å². The standard InChI is InChI=1S/C5H7F6NO/c1-12(11)4(7,8)5(9,10)13-3-2-6/h2-3H2,1H3. The Balaban J connectivity index is 4.41. The second-order valence-corrected chi connectivity index (χ2v) is 2.07. The molecule has 2 nitrogen and oxygen atoms in total. The fourth-order valence-corrected chi connectivity index (χ4v) is 0.433. The van der Waals surface area contributed by atoms with Crippen LogP contribution in [0.5, 0.6) is 0 Å². The van der Waals surface area contributed by atoms with Crippen LogP contribution < -0.4 is 0 Å². The molecule has 0 radical (unpaired) electrons. The van der Waals surface area contributed by atoms with Crippen molar-refractivity contribution >= 4 is 0 Å². The molecule has 0 aliphatic rings. The van der Waals surface area contributed by atoms with Crippen LogP contribution in [0.15, 0.2) is 0 Å². The van der Waals surface area contributed by atoms with E-state index in [2.05, 4.69) is 4.74 Å². The van der Waals surface area contributed by atoms with Crippen molar-refractivity contribution < 1.29 is 31.2 Å². The molecule has 0 aromatic rings. The van der Waals surface area contributed by atoms with E-state index in [1.807, 2.05) is 0 Å². The molecule has 0 amide bonds. The summed E-state index contributed by atoms with van der Waals surface area (Å²) in [5.41, 5.74) is 0. The highest BCUT2D eigenvalue weighted by Crippen LogP contribution is 2.37. The summed E-state index contributed by atoms with van der Waals surface area (Å²) in [6.07, 6.45) is -5.05. The second kappa shape index (κ2) is 4.14. The normalized spacial score (nSPS) is 13.8. The lowest BCUT2D eigenvalue weighted by molar-refractivity contribution is -0.413. The lowest BCUT2D eigenvalue weighted by Crippen LogP contribution is -2.51. The highest BCUT2D eigenvalue weighted by atomic mass is 19.3. The Hall–Kier alpha value is -0.500. The van der Waals surface area contributed by atoms with E-state index in [-0.39, 0.29) is 7.05 Å². The maximum Gasteiger partial charge on any atom is 0.437 e. The van der Waals surface area contributed by atoms with Crippen LogP contribution >= 0.6 is 0 Å². The number of hydrogen-bond acceptors (Lipinski definition) is 2. The van der Waals surface area contributed by atoms with Crippen LogP contribution in [-0.2, 0) is 4.74 Å². The van der Waals surface area contributed by atoms with Crippen LogP contribution in [0.4, 0.5) is 26.4 Å². The molecule has 0 heterocycles. The van der Waals surface area contributed by atoms with E-state index in [9.17, 15) is 26.4 Å². The first-order valence-corrected chi connectivity index (χ1v) is 3.11. The molecule has 0 fully saturated rings. The first kappa shape index (κ1) is 12.5. The summed E-state index contributed by atoms with van der Waals surface area (Å²) >= 11 is 0. The van der Waals surface area contributed by atoms with Gasteiger partial charge < -0.3 is 4.74 Å². The highest BCUT2D eigenvalue weighted by molar-refractivity contribution is 4.71. The van der Waals surface area contributed by atoms with Crippen molar-refractivity contribution in [3.63, 3.8) is 0 Å². The van der Waals surface area contributed by atoms with Crippen molar-refractivity contribution in [1.29, 1.82) is 0 Å². The van der Waals surface area contributed by atoms with Gasteiger partial charge in [-0.1, -0.05) is 5.12 Å². The Bertz CT molecular complexity index is 161. The second-order valence-electron chi connectivity index (χ2n) is 2.07. The molecule has 80 valence electrons. The monoisotopic (exact) mass is 211 g/mol. The number of hydrogen-bond donors (Lipinski definition) is 0. The fraction of sp³-hybridized carbons (Fsp3) is 1.00. The smallest absolute Gasteiger partial charge is 0.312 e. The van der Waals surface area contributed by atoms with E-state index in [0.717, 1.165) is 0 Å². The van der Waals surface area contributed by atoms with Gasteiger partial charge in [-0.2, -0.15) is 17.6 Å². The largest absolute Gasteiger partial charge is 0.437 e. The minimum atomic E-state index is -5.11. The number of alkyl halides is 5. The van der Waals surface area contributed by atoms with E-state index >= 15 is 0 Å². The topological polar surface area (TPSA) is 12.5 Å². The van der Waals surface area contributed by atoms with Gasteiger partial charge in [0.05, 0.1) is 6.61 Å². The zero-order valence-electron chi connectivity index (χ0n) is 6.54. The van der Waals surface area contributed by atoms with Crippen LogP contribution in [0.3, 0.4) is 0 Å². The van der Waals surface area contributed by atoms with Crippen LogP contribution in [-0.4, -0.2) is 37.6 Å². The average molecular weight is 211 g/mol. The summed E-state index contributed by atoms with van der Waals surface area (Å²) in [6, 6.07) is -5.11. The Morgan fingerprint density at radius 3 is 2.00 bits per heavy atom. The number of nitrogens with zero attached hydrogens (tertiary/aromatic N) is 1. The van der Waals surface area contributed by atoms with E-state index in [1.54, 1.807) is 0 Å². The van der Waals surface area contributed by atoms with Crippen molar-refractivity contribution in [3.8, 4) is 0 Å². The Morgan fingerprint density at radius 2 is 1.69 bits per heavy atom. The molecule has 0 saturated carbocycles. The lowest BCUT2D eigenvalue weighted by atomic mass is 10.5. The maximum atomic E-state index is 12.2. The van der Waals surface area contributed by atoms with Gasteiger partial charge in [0.1, 0.15) is 6.67 Å². The van der Waals surface area contributed by atoms with E-state index in [0.29, 0.717) is 0 Å². The molecule has 0 aromatic heterocycles. The zero-order chi connectivity index (χ0) is 10.7. The van der Waals surface area contributed by atoms with Gasteiger partial charge in [0.2, 0.25) is 0 Å². The molecule has 0 bridgehead atoms. The number of halogens is 6. The lowest BCUT2D eigenvalue weighted by Gasteiger charge is -2.27. The summed E-state index contributed by atoms with van der Waals surface area (Å²) in [5.74, 6) is 0. The number of ether oxygens (including phenoxy) is 1. The fourth-order valence-electron chi connectivity index (χ4n) is 0.433. The number of rotatable bonds is 5. The van der Waals surface area contributed by atoms with Gasteiger partial charge in [0.15, 0.2) is 0 Å². The predicted octanol–water partition coefficient (Wildman–Crippen LogP) is 1.97. The molecular formula is C5H7F6NO. The Morgan fingerprint density at radius 1 is 1.23 bits per heavy atom. The molecule has 0 unspecified atom stereocenters. The maximum absolute atomic E-state index is 12.2. The van der Waals surface area contributed by atoms with Crippen LogP contribution in [0.2, 0.25) is 0 Å². The van der Waals surface area contributed by atoms with E-state index in [1.165, 1.54) is 0 Å². The van der Waals surface area contributed by atoms with Gasteiger partial charge in [-0.3, -0.25) is 0 Å². The highest BCUT2D eigenvalue weighted by Gasteiger charge is 2.62. The van der Waals surface area contributed by atoms with Crippen molar-refractivity contribution in [2.75, 3.05) is 20.3 Å². The van der Waals surface area contributed by atoms with Crippen molar-refractivity contribution in [1.82, 2.24) is 5.12 Å². The van der Waals surface area contributed by atoms with Crippen molar-refractivity contribution in [3.05, 3.63) is 0 Å². The number of likely N-dealkylation sites (N-methyl/N-ethyl adjacent to an activating group) is 1. The molecule has 0 saturated heterocycles. The van der Waals surface area contributed by atoms with E-state index in [4.69, 9.17) is 0 Å². The van der Waals surface area contributed by atoms with Crippen molar-refractivity contribution in [2.45, 2.75) is 12.2 Å². The third-order valence-corrected chi connectivity index (χ3v) is 1.10. The first-order valence-electron chi connectivity index (χ1n) is 3.11. The quantitative estimate of drug-likeness (QED) is 0.391. The summed E-state index contributed by atoms with van der Waals surface area (Å²) in [5, 5.41) is -1.49. The Labute approximate surface area is 70.0 Å². The molecule has 0 N–H and O–H groups in total. The van der Waals surface area contributed by atoms with Crippen LogP contribution in [0, 0.1) is 0 Å². The molecule has 8 heteroatoms. The SMILES string of the molecule is CN(F)C(F)(F)C(F)(F)OCCF. The van der Waals surface area contributed by atoms with Gasteiger partial charge in [-0.05, 0) is 0 Å². The Kier molecular flexibility index (Phi) is 3.98. The molecule has 0 rings (SSSR count). The van der Waals surface area contributed by atoms with Gasteiger partial charge >= 0.3 is 12.2 Å². The third kappa shape index (κ3) is 2.73. The van der Waals surface area contributed by atoms with Gasteiger partial charge in [0.25, 0.3) is 0 Å². The first-order chi connectivity index (χ1) is 5.75. The van der Waals surface area contributed by atoms with Crippen molar-refractivity contribution in [2.24, 2.45) is 0 Å². The van der Waals surface area contributed by atoms with Crippen LogP contribution in [0.1, 0.15) is 0 Å². The van der Waals surface area contributed by atoms with Gasteiger partial charge in [-0.15, -0.1) is 4.48 Å². The summed E-state index contributed by atoms with van der Waals surface area (Å²) in [6.45, 7) is -2.59. The molecule has 0 spiro atoms. The summed E-state index contributed by atoms with van der Waals surface area (Å²) < 4.78 is 75.1. The molecule has 0 aliphatic carbocycles. The average Bonchev–Trinajstić information content (AvgIpc) is 2.00. The molecule has 0 atom stereocenters. The van der Waals surface area contributed by atoms with Gasteiger partial charge in [0, 0.05) is 7.05 Å². The minimum Gasteiger partial charge on any atom is -0.312 e.